The fourth-order valence-corrected chi connectivity index (χ4v) is 4.21. The van der Waals surface area contributed by atoms with Crippen LogP contribution in [0, 0.1) is 0 Å². The second kappa shape index (κ2) is 8.76. The van der Waals surface area contributed by atoms with Crippen LogP contribution >= 0.6 is 11.6 Å². The van der Waals surface area contributed by atoms with Gasteiger partial charge in [0, 0.05) is 38.4 Å². The van der Waals surface area contributed by atoms with Crippen LogP contribution in [0.5, 0.6) is 0 Å². The molecule has 3 aromatic rings. The number of hydrogen-bond acceptors (Lipinski definition) is 4. The van der Waals surface area contributed by atoms with Crippen LogP contribution in [0.4, 0.5) is 0 Å². The van der Waals surface area contributed by atoms with E-state index in [0.717, 1.165) is 12.1 Å². The minimum Gasteiger partial charge on any atom is -0.395 e. The zero-order valence-electron chi connectivity index (χ0n) is 17.4. The van der Waals surface area contributed by atoms with E-state index in [1.165, 1.54) is 11.1 Å². The summed E-state index contributed by atoms with van der Waals surface area (Å²) in [6.07, 6.45) is 2.65. The number of hydrogen-bond donors (Lipinski definition) is 1. The average molecular weight is 427 g/mol. The number of aliphatic hydroxyl groups is 1. The summed E-state index contributed by atoms with van der Waals surface area (Å²) in [5.41, 5.74) is 4.45. The molecular formula is C23H27ClN4O2. The van der Waals surface area contributed by atoms with Gasteiger partial charge in [0.2, 0.25) is 0 Å². The number of pyridine rings is 1. The van der Waals surface area contributed by atoms with Gasteiger partial charge >= 0.3 is 0 Å². The maximum atomic E-state index is 13.5. The number of carbonyl (C=O) groups excluding carboxylic acids is 1. The summed E-state index contributed by atoms with van der Waals surface area (Å²) in [5, 5.41) is 10.1. The van der Waals surface area contributed by atoms with Crippen molar-refractivity contribution in [2.45, 2.75) is 39.4 Å². The molecule has 0 spiro atoms. The highest BCUT2D eigenvalue weighted by molar-refractivity contribution is 6.30. The molecule has 1 aliphatic rings. The lowest BCUT2D eigenvalue weighted by Crippen LogP contribution is -2.38. The van der Waals surface area contributed by atoms with Crippen molar-refractivity contribution >= 4 is 23.2 Å². The Balaban J connectivity index is 1.72. The Morgan fingerprint density at radius 3 is 2.73 bits per heavy atom. The Labute approximate surface area is 181 Å². The SMILES string of the molecule is CC(C)N(CCO)Cc1c(C(=O)N2CCc3ccccc3C2)nc2ccc(Cl)cn12. The van der Waals surface area contributed by atoms with E-state index in [4.69, 9.17) is 11.6 Å². The van der Waals surface area contributed by atoms with Crippen molar-refractivity contribution in [1.82, 2.24) is 19.2 Å². The summed E-state index contributed by atoms with van der Waals surface area (Å²) in [6.45, 7) is 6.51. The predicted molar refractivity (Wildman–Crippen MR) is 118 cm³/mol. The molecule has 1 aliphatic heterocycles. The molecule has 1 aromatic carbocycles. The first-order valence-corrected chi connectivity index (χ1v) is 10.7. The normalized spacial score (nSPS) is 14.0. The van der Waals surface area contributed by atoms with Gasteiger partial charge in [0.25, 0.3) is 5.91 Å². The third-order valence-corrected chi connectivity index (χ3v) is 6.00. The highest BCUT2D eigenvalue weighted by Crippen LogP contribution is 2.24. The molecule has 0 radical (unpaired) electrons. The standard InChI is InChI=1S/C23H27ClN4O2/c1-16(2)26(11-12-29)15-20-22(25-21-8-7-19(24)14-28(20)21)23(30)27-10-9-17-5-3-4-6-18(17)13-27/h3-8,14,16,29H,9-13,15H2,1-2H3. The van der Waals surface area contributed by atoms with E-state index in [2.05, 4.69) is 35.9 Å². The van der Waals surface area contributed by atoms with Crippen LogP contribution in [0.25, 0.3) is 5.65 Å². The molecule has 30 heavy (non-hydrogen) atoms. The van der Waals surface area contributed by atoms with Crippen LogP contribution in [0.1, 0.15) is 41.2 Å². The van der Waals surface area contributed by atoms with Crippen molar-refractivity contribution in [1.29, 1.82) is 0 Å². The fourth-order valence-electron chi connectivity index (χ4n) is 4.05. The van der Waals surface area contributed by atoms with Crippen LogP contribution < -0.4 is 0 Å². The molecule has 0 aliphatic carbocycles. The summed E-state index contributed by atoms with van der Waals surface area (Å²) in [6, 6.07) is 12.1. The van der Waals surface area contributed by atoms with E-state index < -0.39 is 0 Å². The molecule has 3 heterocycles. The van der Waals surface area contributed by atoms with Crippen LogP contribution in [0.15, 0.2) is 42.6 Å². The zero-order chi connectivity index (χ0) is 21.3. The van der Waals surface area contributed by atoms with E-state index in [9.17, 15) is 9.90 Å². The van der Waals surface area contributed by atoms with Crippen molar-refractivity contribution in [2.24, 2.45) is 0 Å². The lowest BCUT2D eigenvalue weighted by molar-refractivity contribution is 0.0725. The molecule has 0 fully saturated rings. The van der Waals surface area contributed by atoms with E-state index in [0.29, 0.717) is 42.5 Å². The second-order valence-corrected chi connectivity index (χ2v) is 8.45. The summed E-state index contributed by atoms with van der Waals surface area (Å²) in [4.78, 5) is 22.2. The summed E-state index contributed by atoms with van der Waals surface area (Å²) < 4.78 is 1.90. The number of nitrogens with zero attached hydrogens (tertiary/aromatic N) is 4. The Hall–Kier alpha value is -2.41. The minimum absolute atomic E-state index is 0.0574. The first kappa shape index (κ1) is 20.8. The maximum absolute atomic E-state index is 13.5. The number of carbonyl (C=O) groups is 1. The smallest absolute Gasteiger partial charge is 0.274 e. The molecule has 0 unspecified atom stereocenters. The fraction of sp³-hybridized carbons (Fsp3) is 0.391. The van der Waals surface area contributed by atoms with Crippen molar-refractivity contribution in [3.05, 3.63) is 70.1 Å². The van der Waals surface area contributed by atoms with Crippen molar-refractivity contribution in [2.75, 3.05) is 19.7 Å². The Kier molecular flexibility index (Phi) is 6.09. The number of imidazole rings is 1. The second-order valence-electron chi connectivity index (χ2n) is 8.02. The van der Waals surface area contributed by atoms with Crippen LogP contribution in [-0.4, -0.2) is 55.9 Å². The van der Waals surface area contributed by atoms with Crippen molar-refractivity contribution in [3.63, 3.8) is 0 Å². The highest BCUT2D eigenvalue weighted by Gasteiger charge is 2.28. The van der Waals surface area contributed by atoms with Gasteiger partial charge in [-0.05, 0) is 43.5 Å². The molecule has 1 amide bonds. The molecule has 0 saturated heterocycles. The Morgan fingerprint density at radius 1 is 1.23 bits per heavy atom. The molecule has 1 N–H and O–H groups in total. The van der Waals surface area contributed by atoms with Gasteiger partial charge in [-0.1, -0.05) is 35.9 Å². The first-order chi connectivity index (χ1) is 14.5. The van der Waals surface area contributed by atoms with Crippen LogP contribution in [0.3, 0.4) is 0 Å². The molecule has 0 atom stereocenters. The summed E-state index contributed by atoms with van der Waals surface area (Å²) >= 11 is 6.25. The molecule has 7 heteroatoms. The predicted octanol–water partition coefficient (Wildman–Crippen LogP) is 3.39. The Bertz CT molecular complexity index is 1060. The molecular weight excluding hydrogens is 400 g/mol. The average Bonchev–Trinajstić information content (AvgIpc) is 3.10. The lowest BCUT2D eigenvalue weighted by atomic mass is 9.99. The summed E-state index contributed by atoms with van der Waals surface area (Å²) in [5.74, 6) is -0.0629. The topological polar surface area (TPSA) is 61.1 Å². The number of benzene rings is 1. The van der Waals surface area contributed by atoms with Crippen LogP contribution in [-0.2, 0) is 19.5 Å². The third-order valence-electron chi connectivity index (χ3n) is 5.77. The number of rotatable bonds is 6. The summed E-state index contributed by atoms with van der Waals surface area (Å²) in [7, 11) is 0. The van der Waals surface area contributed by atoms with Gasteiger partial charge in [-0.2, -0.15) is 0 Å². The van der Waals surface area contributed by atoms with Gasteiger partial charge < -0.3 is 14.4 Å². The number of aromatic nitrogens is 2. The zero-order valence-corrected chi connectivity index (χ0v) is 18.1. The lowest BCUT2D eigenvalue weighted by Gasteiger charge is -2.29. The van der Waals surface area contributed by atoms with E-state index in [1.807, 2.05) is 27.5 Å². The van der Waals surface area contributed by atoms with Crippen LogP contribution in [0.2, 0.25) is 5.02 Å². The van der Waals surface area contributed by atoms with Crippen molar-refractivity contribution < 1.29 is 9.90 Å². The number of fused-ring (bicyclic) bond motifs is 2. The number of aliphatic hydroxyl groups excluding tert-OH is 1. The van der Waals surface area contributed by atoms with Gasteiger partial charge in [0.15, 0.2) is 5.69 Å². The molecule has 158 valence electrons. The number of halogens is 1. The largest absolute Gasteiger partial charge is 0.395 e. The van der Waals surface area contributed by atoms with Gasteiger partial charge in [-0.25, -0.2) is 4.98 Å². The van der Waals surface area contributed by atoms with E-state index in [-0.39, 0.29) is 18.6 Å². The van der Waals surface area contributed by atoms with Gasteiger partial charge in [0.05, 0.1) is 17.3 Å². The highest BCUT2D eigenvalue weighted by atomic mass is 35.5. The monoisotopic (exact) mass is 426 g/mol. The molecule has 0 saturated carbocycles. The molecule has 2 aromatic heterocycles. The molecule has 4 rings (SSSR count). The molecule has 0 bridgehead atoms. The van der Waals surface area contributed by atoms with E-state index in [1.54, 1.807) is 12.3 Å². The number of amides is 1. The maximum Gasteiger partial charge on any atom is 0.274 e. The van der Waals surface area contributed by atoms with Gasteiger partial charge in [-0.3, -0.25) is 9.69 Å². The quantitative estimate of drug-likeness (QED) is 0.656. The minimum atomic E-state index is -0.0629. The van der Waals surface area contributed by atoms with Gasteiger partial charge in [-0.15, -0.1) is 0 Å². The van der Waals surface area contributed by atoms with E-state index >= 15 is 0 Å². The van der Waals surface area contributed by atoms with Crippen molar-refractivity contribution in [3.8, 4) is 0 Å². The Morgan fingerprint density at radius 2 is 2.00 bits per heavy atom. The molecule has 6 nitrogen and oxygen atoms in total. The third kappa shape index (κ3) is 4.08. The first-order valence-electron chi connectivity index (χ1n) is 10.4. The van der Waals surface area contributed by atoms with Gasteiger partial charge in [0.1, 0.15) is 5.65 Å².